The Morgan fingerprint density at radius 2 is 2.06 bits per heavy atom. The lowest BCUT2D eigenvalue weighted by molar-refractivity contribution is -0.159. The summed E-state index contributed by atoms with van der Waals surface area (Å²) in [6.45, 7) is 5.53. The van der Waals surface area contributed by atoms with Crippen LogP contribution in [0.15, 0.2) is 24.5 Å². The molecule has 1 aromatic carbocycles. The van der Waals surface area contributed by atoms with E-state index in [-0.39, 0.29) is 18.3 Å². The summed E-state index contributed by atoms with van der Waals surface area (Å²) in [5, 5.41) is 23.2. The number of thiophene rings is 1. The maximum atomic E-state index is 14.1. The third kappa shape index (κ3) is 3.82. The third-order valence-corrected chi connectivity index (χ3v) is 7.04. The van der Waals surface area contributed by atoms with Crippen molar-refractivity contribution in [3.05, 3.63) is 40.8 Å². The zero-order chi connectivity index (χ0) is 22.6. The van der Waals surface area contributed by atoms with Crippen LogP contribution in [0.5, 0.6) is 5.75 Å². The van der Waals surface area contributed by atoms with Gasteiger partial charge in [0.1, 0.15) is 40.8 Å². The summed E-state index contributed by atoms with van der Waals surface area (Å²) in [6, 6.07) is 4.26. The Bertz CT molecular complexity index is 1170. The lowest BCUT2D eigenvalue weighted by Gasteiger charge is -2.24. The second-order valence-corrected chi connectivity index (χ2v) is 9.54. The average molecular weight is 462 g/mol. The third-order valence-electron chi connectivity index (χ3n) is 5.80. The van der Waals surface area contributed by atoms with Crippen LogP contribution in [0.4, 0.5) is 15.9 Å². The van der Waals surface area contributed by atoms with Crippen LogP contribution in [0.2, 0.25) is 0 Å². The fourth-order valence-electron chi connectivity index (χ4n) is 4.44. The molecule has 170 valence electrons. The van der Waals surface area contributed by atoms with Crippen LogP contribution in [0.3, 0.4) is 0 Å². The van der Waals surface area contributed by atoms with Gasteiger partial charge in [-0.05, 0) is 51.3 Å². The van der Waals surface area contributed by atoms with E-state index in [9.17, 15) is 14.6 Å². The Labute approximate surface area is 188 Å². The molecule has 1 aliphatic carbocycles. The van der Waals surface area contributed by atoms with Crippen molar-refractivity contribution in [2.45, 2.75) is 64.0 Å². The monoisotopic (exact) mass is 461 g/mol. The van der Waals surface area contributed by atoms with Gasteiger partial charge in [0.25, 0.3) is 0 Å². The molecule has 0 bridgehead atoms. The Morgan fingerprint density at radius 1 is 1.25 bits per heavy atom. The van der Waals surface area contributed by atoms with Crippen molar-refractivity contribution < 1.29 is 28.8 Å². The number of aliphatic hydroxyl groups excluding tert-OH is 1. The van der Waals surface area contributed by atoms with E-state index in [1.165, 1.54) is 29.8 Å². The van der Waals surface area contributed by atoms with Gasteiger partial charge in [-0.1, -0.05) is 0 Å². The largest absolute Gasteiger partial charge is 0.485 e. The quantitative estimate of drug-likeness (QED) is 0.491. The van der Waals surface area contributed by atoms with Gasteiger partial charge >= 0.3 is 0 Å². The molecular weight excluding hydrogens is 437 g/mol. The highest BCUT2D eigenvalue weighted by atomic mass is 32.1. The number of anilines is 2. The summed E-state index contributed by atoms with van der Waals surface area (Å²) < 4.78 is 32.3. The molecule has 0 spiro atoms. The van der Waals surface area contributed by atoms with Crippen LogP contribution in [0.1, 0.15) is 43.4 Å². The normalized spacial score (nSPS) is 24.3. The minimum Gasteiger partial charge on any atom is -0.485 e. The summed E-state index contributed by atoms with van der Waals surface area (Å²) in [7, 11) is 0. The van der Waals surface area contributed by atoms with Gasteiger partial charge in [-0.15, -0.1) is 11.3 Å². The van der Waals surface area contributed by atoms with Crippen molar-refractivity contribution >= 4 is 33.1 Å². The number of nitrogens with zero attached hydrogens (tertiary/aromatic N) is 2. The molecule has 32 heavy (non-hydrogen) atoms. The summed E-state index contributed by atoms with van der Waals surface area (Å²) in [6.07, 6.45) is 0.807. The fraction of sp³-hybridized carbons (Fsp3) is 0.455. The number of hydrogen-bond donors (Lipinski definition) is 3. The van der Waals surface area contributed by atoms with Crippen molar-refractivity contribution in [2.24, 2.45) is 0 Å². The van der Waals surface area contributed by atoms with E-state index in [1.54, 1.807) is 13.0 Å². The Hall–Kier alpha value is -2.37. The molecule has 2 aromatic heterocycles. The summed E-state index contributed by atoms with van der Waals surface area (Å²) in [4.78, 5) is 9.59. The molecule has 10 heteroatoms. The molecule has 3 unspecified atom stereocenters. The molecule has 3 atom stereocenters. The second kappa shape index (κ2) is 7.89. The SMILES string of the molecule is Cc1c(C(O)O)sc2ncnc(Nc3ccc(F)cc3OC3CCC4OC(C)(C)OC34)c12. The van der Waals surface area contributed by atoms with Crippen LogP contribution in [0, 0.1) is 12.7 Å². The predicted molar refractivity (Wildman–Crippen MR) is 116 cm³/mol. The number of ether oxygens (including phenoxy) is 3. The van der Waals surface area contributed by atoms with Crippen LogP contribution in [0.25, 0.3) is 10.2 Å². The zero-order valence-corrected chi connectivity index (χ0v) is 18.6. The molecule has 1 saturated carbocycles. The molecule has 0 amide bonds. The highest BCUT2D eigenvalue weighted by molar-refractivity contribution is 7.19. The number of nitrogens with one attached hydrogen (secondary N) is 1. The number of halogens is 1. The first-order valence-corrected chi connectivity index (χ1v) is 11.2. The molecule has 8 nitrogen and oxygen atoms in total. The minimum atomic E-state index is -1.60. The van der Waals surface area contributed by atoms with Crippen molar-refractivity contribution in [1.29, 1.82) is 0 Å². The highest BCUT2D eigenvalue weighted by Gasteiger charge is 2.50. The van der Waals surface area contributed by atoms with Gasteiger partial charge < -0.3 is 29.7 Å². The van der Waals surface area contributed by atoms with Gasteiger partial charge in [0.05, 0.1) is 22.1 Å². The topological polar surface area (TPSA) is 106 Å². The molecule has 1 saturated heterocycles. The standard InChI is InChI=1S/C22H24FN3O5S/c1-10-16-19(24-9-25-20(16)32-18(10)21(27)28)26-12-5-4-11(23)8-15(12)29-13-6-7-14-17(13)31-22(2,3)30-14/h4-5,8-9,13-14,17,21,27-28H,6-7H2,1-3H3,(H,24,25,26). The van der Waals surface area contributed by atoms with Gasteiger partial charge in [0, 0.05) is 6.07 Å². The molecule has 0 radical (unpaired) electrons. The van der Waals surface area contributed by atoms with E-state index in [2.05, 4.69) is 15.3 Å². The number of benzene rings is 1. The summed E-state index contributed by atoms with van der Waals surface area (Å²) in [5.41, 5.74) is 1.20. The van der Waals surface area contributed by atoms with Crippen LogP contribution in [-0.4, -0.2) is 44.3 Å². The summed E-state index contributed by atoms with van der Waals surface area (Å²) in [5.74, 6) is -0.281. The molecule has 5 rings (SSSR count). The maximum Gasteiger partial charge on any atom is 0.188 e. The van der Waals surface area contributed by atoms with E-state index < -0.39 is 17.9 Å². The first-order valence-electron chi connectivity index (χ1n) is 10.4. The highest BCUT2D eigenvalue weighted by Crippen LogP contribution is 2.42. The van der Waals surface area contributed by atoms with Crippen molar-refractivity contribution in [1.82, 2.24) is 9.97 Å². The zero-order valence-electron chi connectivity index (χ0n) is 17.8. The van der Waals surface area contributed by atoms with Crippen molar-refractivity contribution in [2.75, 3.05) is 5.32 Å². The van der Waals surface area contributed by atoms with Gasteiger partial charge in [0.15, 0.2) is 12.1 Å². The number of aromatic nitrogens is 2. The van der Waals surface area contributed by atoms with Gasteiger partial charge in [-0.3, -0.25) is 0 Å². The lowest BCUT2D eigenvalue weighted by Crippen LogP contribution is -2.33. The lowest BCUT2D eigenvalue weighted by atomic mass is 10.2. The van der Waals surface area contributed by atoms with E-state index in [0.717, 1.165) is 12.8 Å². The molecule has 3 aromatic rings. The van der Waals surface area contributed by atoms with E-state index in [0.29, 0.717) is 37.9 Å². The first-order chi connectivity index (χ1) is 15.2. The number of rotatable bonds is 5. The van der Waals surface area contributed by atoms with Gasteiger partial charge in [0.2, 0.25) is 0 Å². The van der Waals surface area contributed by atoms with Gasteiger partial charge in [-0.2, -0.15) is 0 Å². The van der Waals surface area contributed by atoms with Crippen LogP contribution >= 0.6 is 11.3 Å². The fourth-order valence-corrected chi connectivity index (χ4v) is 5.46. The van der Waals surface area contributed by atoms with E-state index in [1.807, 2.05) is 13.8 Å². The second-order valence-electron chi connectivity index (χ2n) is 8.51. The molecule has 3 N–H and O–H groups in total. The molecule has 1 aliphatic heterocycles. The number of aryl methyl sites for hydroxylation is 1. The van der Waals surface area contributed by atoms with Crippen LogP contribution < -0.4 is 10.1 Å². The first kappa shape index (κ1) is 21.5. The predicted octanol–water partition coefficient (Wildman–Crippen LogP) is 3.93. The van der Waals surface area contributed by atoms with Crippen molar-refractivity contribution in [3.8, 4) is 5.75 Å². The molecule has 2 aliphatic rings. The Balaban J connectivity index is 1.46. The number of fused-ring (bicyclic) bond motifs is 2. The summed E-state index contributed by atoms with van der Waals surface area (Å²) >= 11 is 1.19. The molecular formula is C22H24FN3O5S. The van der Waals surface area contributed by atoms with E-state index in [4.69, 9.17) is 14.2 Å². The Morgan fingerprint density at radius 3 is 2.84 bits per heavy atom. The van der Waals surface area contributed by atoms with E-state index >= 15 is 0 Å². The molecule has 2 fully saturated rings. The smallest absolute Gasteiger partial charge is 0.188 e. The van der Waals surface area contributed by atoms with Crippen molar-refractivity contribution in [3.63, 3.8) is 0 Å². The minimum absolute atomic E-state index is 0.0433. The number of hydrogen-bond acceptors (Lipinski definition) is 9. The Kier molecular flexibility index (Phi) is 5.30. The van der Waals surface area contributed by atoms with Gasteiger partial charge in [-0.25, -0.2) is 14.4 Å². The maximum absolute atomic E-state index is 14.1. The average Bonchev–Trinajstić information content (AvgIpc) is 3.35. The number of aliphatic hydroxyl groups is 2. The molecule has 3 heterocycles. The van der Waals surface area contributed by atoms with Crippen LogP contribution in [-0.2, 0) is 9.47 Å².